The molecule has 2 nitrogen and oxygen atoms in total. The summed E-state index contributed by atoms with van der Waals surface area (Å²) in [7, 11) is 1.64. The van der Waals surface area contributed by atoms with Crippen LogP contribution < -0.4 is 9.47 Å². The molecule has 2 aromatic rings. The van der Waals surface area contributed by atoms with Crippen LogP contribution in [0.2, 0.25) is 0 Å². The van der Waals surface area contributed by atoms with Gasteiger partial charge in [0.1, 0.15) is 22.6 Å². The van der Waals surface area contributed by atoms with Crippen LogP contribution in [0.1, 0.15) is 5.56 Å². The maximum atomic E-state index is 5.74. The van der Waals surface area contributed by atoms with Gasteiger partial charge in [-0.1, -0.05) is 36.4 Å². The van der Waals surface area contributed by atoms with Crippen LogP contribution in [-0.2, 0) is 6.61 Å². The van der Waals surface area contributed by atoms with E-state index < -0.39 is 0 Å². The number of rotatable bonds is 4. The standard InChI is InChI=1S/C14H13BrO2/c1-16-12-8-5-9-13(14(12)15)17-10-11-6-3-2-4-7-11/h2-9H,10H2,1H3. The molecule has 0 aliphatic carbocycles. The molecule has 0 atom stereocenters. The molecule has 3 heteroatoms. The van der Waals surface area contributed by atoms with E-state index in [0.717, 1.165) is 21.5 Å². The molecule has 0 fully saturated rings. The predicted molar refractivity (Wildman–Crippen MR) is 71.5 cm³/mol. The van der Waals surface area contributed by atoms with E-state index >= 15 is 0 Å². The lowest BCUT2D eigenvalue weighted by Gasteiger charge is -2.10. The van der Waals surface area contributed by atoms with Gasteiger partial charge in [0.05, 0.1) is 7.11 Å². The van der Waals surface area contributed by atoms with E-state index in [4.69, 9.17) is 9.47 Å². The molecule has 0 spiro atoms. The van der Waals surface area contributed by atoms with E-state index in [2.05, 4.69) is 15.9 Å². The van der Waals surface area contributed by atoms with Gasteiger partial charge in [-0.3, -0.25) is 0 Å². The second-order valence-electron chi connectivity index (χ2n) is 3.55. The van der Waals surface area contributed by atoms with Crippen molar-refractivity contribution >= 4 is 15.9 Å². The van der Waals surface area contributed by atoms with Gasteiger partial charge < -0.3 is 9.47 Å². The minimum atomic E-state index is 0.548. The quantitative estimate of drug-likeness (QED) is 0.847. The van der Waals surface area contributed by atoms with Gasteiger partial charge in [-0.15, -0.1) is 0 Å². The van der Waals surface area contributed by atoms with Crippen molar-refractivity contribution < 1.29 is 9.47 Å². The van der Waals surface area contributed by atoms with Crippen LogP contribution in [0, 0.1) is 0 Å². The van der Waals surface area contributed by atoms with Crippen LogP contribution in [0.4, 0.5) is 0 Å². The molecule has 2 rings (SSSR count). The van der Waals surface area contributed by atoms with Gasteiger partial charge >= 0.3 is 0 Å². The Morgan fingerprint density at radius 3 is 2.35 bits per heavy atom. The summed E-state index contributed by atoms with van der Waals surface area (Å²) in [6.45, 7) is 0.548. The average Bonchev–Trinajstić information content (AvgIpc) is 2.39. The van der Waals surface area contributed by atoms with Gasteiger partial charge in [-0.2, -0.15) is 0 Å². The molecule has 0 saturated carbocycles. The molecule has 0 bridgehead atoms. The largest absolute Gasteiger partial charge is 0.495 e. The van der Waals surface area contributed by atoms with Crippen molar-refractivity contribution in [3.05, 3.63) is 58.6 Å². The van der Waals surface area contributed by atoms with Crippen molar-refractivity contribution in [2.24, 2.45) is 0 Å². The lowest BCUT2D eigenvalue weighted by molar-refractivity contribution is 0.301. The summed E-state index contributed by atoms with van der Waals surface area (Å²) < 4.78 is 11.8. The molecule has 17 heavy (non-hydrogen) atoms. The van der Waals surface area contributed by atoms with E-state index in [1.807, 2.05) is 48.5 Å². The summed E-state index contributed by atoms with van der Waals surface area (Å²) in [5.41, 5.74) is 1.14. The van der Waals surface area contributed by atoms with E-state index in [1.54, 1.807) is 7.11 Å². The number of hydrogen-bond acceptors (Lipinski definition) is 2. The normalized spacial score (nSPS) is 10.0. The first-order chi connectivity index (χ1) is 8.31. The summed E-state index contributed by atoms with van der Waals surface area (Å²) in [5.74, 6) is 1.56. The lowest BCUT2D eigenvalue weighted by atomic mass is 10.2. The van der Waals surface area contributed by atoms with Crippen LogP contribution in [0.5, 0.6) is 11.5 Å². The molecule has 0 heterocycles. The molecule has 0 amide bonds. The molecular formula is C14H13BrO2. The summed E-state index contributed by atoms with van der Waals surface area (Å²) in [6.07, 6.45) is 0. The van der Waals surface area contributed by atoms with Crippen molar-refractivity contribution in [1.29, 1.82) is 0 Å². The highest BCUT2D eigenvalue weighted by Gasteiger charge is 2.06. The summed E-state index contributed by atoms with van der Waals surface area (Å²) >= 11 is 3.46. The molecule has 0 aliphatic rings. The van der Waals surface area contributed by atoms with Crippen LogP contribution in [0.25, 0.3) is 0 Å². The van der Waals surface area contributed by atoms with Gasteiger partial charge in [0.25, 0.3) is 0 Å². The van der Waals surface area contributed by atoms with Crippen molar-refractivity contribution in [2.75, 3.05) is 7.11 Å². The molecule has 0 N–H and O–H groups in total. The number of benzene rings is 2. The van der Waals surface area contributed by atoms with Gasteiger partial charge in [0.15, 0.2) is 0 Å². The third-order valence-electron chi connectivity index (χ3n) is 2.38. The van der Waals surface area contributed by atoms with E-state index in [-0.39, 0.29) is 0 Å². The first kappa shape index (κ1) is 12.0. The van der Waals surface area contributed by atoms with Crippen LogP contribution in [0.3, 0.4) is 0 Å². The van der Waals surface area contributed by atoms with Crippen LogP contribution >= 0.6 is 15.9 Å². The molecule has 88 valence electrons. The zero-order valence-corrected chi connectivity index (χ0v) is 11.1. The van der Waals surface area contributed by atoms with Gasteiger partial charge in [0, 0.05) is 0 Å². The first-order valence-corrected chi connectivity index (χ1v) is 6.10. The monoisotopic (exact) mass is 292 g/mol. The minimum Gasteiger partial charge on any atom is -0.495 e. The Balaban J connectivity index is 2.09. The Kier molecular flexibility index (Phi) is 4.04. The van der Waals surface area contributed by atoms with Crippen LogP contribution in [0.15, 0.2) is 53.0 Å². The highest BCUT2D eigenvalue weighted by molar-refractivity contribution is 9.10. The molecule has 2 aromatic carbocycles. The van der Waals surface area contributed by atoms with Gasteiger partial charge in [-0.05, 0) is 33.6 Å². The van der Waals surface area contributed by atoms with Crippen LogP contribution in [-0.4, -0.2) is 7.11 Å². The van der Waals surface area contributed by atoms with Crippen molar-refractivity contribution in [3.63, 3.8) is 0 Å². The lowest BCUT2D eigenvalue weighted by Crippen LogP contribution is -1.96. The number of ether oxygens (including phenoxy) is 2. The fourth-order valence-electron chi connectivity index (χ4n) is 1.50. The fraction of sp³-hybridized carbons (Fsp3) is 0.143. The van der Waals surface area contributed by atoms with Crippen molar-refractivity contribution in [2.45, 2.75) is 6.61 Å². The highest BCUT2D eigenvalue weighted by Crippen LogP contribution is 2.34. The fourth-order valence-corrected chi connectivity index (χ4v) is 2.04. The van der Waals surface area contributed by atoms with Gasteiger partial charge in [-0.25, -0.2) is 0 Å². The summed E-state index contributed by atoms with van der Waals surface area (Å²) in [4.78, 5) is 0. The third kappa shape index (κ3) is 3.01. The maximum Gasteiger partial charge on any atom is 0.137 e. The molecule has 0 radical (unpaired) electrons. The van der Waals surface area contributed by atoms with E-state index in [0.29, 0.717) is 6.61 Å². The zero-order valence-electron chi connectivity index (χ0n) is 9.52. The number of methoxy groups -OCH3 is 1. The Labute approximate surface area is 109 Å². The van der Waals surface area contributed by atoms with E-state index in [9.17, 15) is 0 Å². The smallest absolute Gasteiger partial charge is 0.137 e. The summed E-state index contributed by atoms with van der Waals surface area (Å²) in [5, 5.41) is 0. The second kappa shape index (κ2) is 5.73. The molecule has 0 saturated heterocycles. The average molecular weight is 293 g/mol. The Hall–Kier alpha value is -1.48. The molecule has 0 unspecified atom stereocenters. The SMILES string of the molecule is COc1cccc(OCc2ccccc2)c1Br. The molecule has 0 aliphatic heterocycles. The second-order valence-corrected chi connectivity index (χ2v) is 4.34. The molecule has 0 aromatic heterocycles. The number of halogens is 1. The topological polar surface area (TPSA) is 18.5 Å². The Bertz CT molecular complexity index is 483. The van der Waals surface area contributed by atoms with Gasteiger partial charge in [0.2, 0.25) is 0 Å². The Morgan fingerprint density at radius 1 is 0.941 bits per heavy atom. The summed E-state index contributed by atoms with van der Waals surface area (Å²) in [6, 6.07) is 15.8. The minimum absolute atomic E-state index is 0.548. The maximum absolute atomic E-state index is 5.74. The zero-order chi connectivity index (χ0) is 12.1. The Morgan fingerprint density at radius 2 is 1.65 bits per heavy atom. The van der Waals surface area contributed by atoms with Crippen molar-refractivity contribution in [1.82, 2.24) is 0 Å². The molecular weight excluding hydrogens is 280 g/mol. The third-order valence-corrected chi connectivity index (χ3v) is 3.17. The first-order valence-electron chi connectivity index (χ1n) is 5.30. The highest BCUT2D eigenvalue weighted by atomic mass is 79.9. The predicted octanol–water partition coefficient (Wildman–Crippen LogP) is 4.04. The van der Waals surface area contributed by atoms with Crippen molar-refractivity contribution in [3.8, 4) is 11.5 Å². The van der Waals surface area contributed by atoms with E-state index in [1.165, 1.54) is 0 Å². The number of hydrogen-bond donors (Lipinski definition) is 0.